The van der Waals surface area contributed by atoms with Crippen molar-refractivity contribution in [2.45, 2.75) is 13.0 Å². The van der Waals surface area contributed by atoms with Crippen molar-refractivity contribution < 1.29 is 38.3 Å². The normalized spacial score (nSPS) is 19.3. The molecule has 1 aliphatic carbocycles. The molecule has 0 radical (unpaired) electrons. The van der Waals surface area contributed by atoms with Crippen LogP contribution in [0, 0.1) is 18.8 Å². The van der Waals surface area contributed by atoms with Crippen LogP contribution in [0.2, 0.25) is 10.0 Å². The fourth-order valence-electron chi connectivity index (χ4n) is 4.93. The molecule has 1 saturated heterocycles. The van der Waals surface area contributed by atoms with E-state index in [1.165, 1.54) is 0 Å². The first-order valence-corrected chi connectivity index (χ1v) is 13.5. The molecule has 0 bridgehead atoms. The summed E-state index contributed by atoms with van der Waals surface area (Å²) in [5, 5.41) is 16.1. The molecule has 2 N–H and O–H groups in total. The van der Waals surface area contributed by atoms with Crippen LogP contribution in [0.4, 0.5) is 5.13 Å². The van der Waals surface area contributed by atoms with E-state index in [0.29, 0.717) is 51.7 Å². The van der Waals surface area contributed by atoms with Crippen LogP contribution in [0.1, 0.15) is 25.9 Å². The molecule has 39 heavy (non-hydrogen) atoms. The number of rotatable bonds is 7. The molecular weight excluding hydrogens is 554 g/mol. The molecule has 3 heterocycles. The number of nitrogens with zero attached hydrogens (tertiary/aromatic N) is 2. The number of ether oxygens (including phenoxy) is 1. The summed E-state index contributed by atoms with van der Waals surface area (Å²) < 4.78 is 5.83. The third kappa shape index (κ3) is 5.30. The first kappa shape index (κ1) is 27.6. The molecule has 2 fully saturated rings. The van der Waals surface area contributed by atoms with E-state index in [0.717, 1.165) is 11.3 Å². The van der Waals surface area contributed by atoms with Crippen LogP contribution >= 0.6 is 34.5 Å². The van der Waals surface area contributed by atoms with E-state index in [4.69, 9.17) is 27.9 Å². The second-order valence-electron chi connectivity index (χ2n) is 9.39. The molecule has 1 aliphatic heterocycles. The molecule has 1 saturated carbocycles. The SMILES string of the molecule is Cc1[nH]c(C(=O)NC2[C@H]3CN(c4nc(-c5ccc(Oc6ccccc6)cc5)c(C(=O)[O-])s4)C[C@@H]23)c(Cl)c1Cl.[Li+]. The topological polar surface area (TPSA) is 110 Å². The van der Waals surface area contributed by atoms with Crippen LogP contribution < -0.4 is 38.9 Å². The van der Waals surface area contributed by atoms with Gasteiger partial charge in [0.15, 0.2) is 5.13 Å². The quantitative estimate of drug-likeness (QED) is 0.326. The molecular formula is C27H21Cl2LiN4O4S. The average Bonchev–Trinajstić information content (AvgIpc) is 3.29. The van der Waals surface area contributed by atoms with Crippen molar-refractivity contribution in [1.82, 2.24) is 15.3 Å². The van der Waals surface area contributed by atoms with E-state index < -0.39 is 5.97 Å². The number of aryl methyl sites for hydroxylation is 1. The van der Waals surface area contributed by atoms with Crippen LogP contribution in [0.5, 0.6) is 11.5 Å². The molecule has 194 valence electrons. The number of carboxylic acid groups (broad SMARTS) is 1. The zero-order valence-corrected chi connectivity index (χ0v) is 23.4. The molecule has 1 amide bonds. The van der Waals surface area contributed by atoms with Gasteiger partial charge in [0.1, 0.15) is 17.2 Å². The Morgan fingerprint density at radius 2 is 1.69 bits per heavy atom. The van der Waals surface area contributed by atoms with Gasteiger partial charge in [0, 0.05) is 42.2 Å². The second-order valence-corrected chi connectivity index (χ2v) is 11.1. The smallest absolute Gasteiger partial charge is 0.544 e. The van der Waals surface area contributed by atoms with Crippen LogP contribution in [0.3, 0.4) is 0 Å². The van der Waals surface area contributed by atoms with Crippen molar-refractivity contribution >= 4 is 51.5 Å². The summed E-state index contributed by atoms with van der Waals surface area (Å²) in [6, 6.07) is 16.6. The van der Waals surface area contributed by atoms with Gasteiger partial charge in [-0.3, -0.25) is 4.79 Å². The number of H-pyrrole nitrogens is 1. The summed E-state index contributed by atoms with van der Waals surface area (Å²) in [4.78, 5) is 34.3. The van der Waals surface area contributed by atoms with Crippen LogP contribution in [-0.4, -0.2) is 41.0 Å². The third-order valence-corrected chi connectivity index (χ3v) is 8.99. The number of halogens is 2. The molecule has 2 aliphatic rings. The number of carboxylic acids is 1. The van der Waals surface area contributed by atoms with Crippen molar-refractivity contribution in [3.63, 3.8) is 0 Å². The van der Waals surface area contributed by atoms with Crippen molar-refractivity contribution in [3.05, 3.63) is 80.9 Å². The Morgan fingerprint density at radius 3 is 2.28 bits per heavy atom. The van der Waals surface area contributed by atoms with Gasteiger partial charge in [0.25, 0.3) is 5.91 Å². The van der Waals surface area contributed by atoms with Gasteiger partial charge in [0.05, 0.1) is 26.6 Å². The summed E-state index contributed by atoms with van der Waals surface area (Å²) in [6.07, 6.45) is 0. The molecule has 2 aromatic heterocycles. The molecule has 6 rings (SSSR count). The van der Waals surface area contributed by atoms with Gasteiger partial charge in [-0.2, -0.15) is 0 Å². The Morgan fingerprint density at radius 1 is 1.05 bits per heavy atom. The van der Waals surface area contributed by atoms with Crippen LogP contribution in [-0.2, 0) is 0 Å². The van der Waals surface area contributed by atoms with E-state index in [2.05, 4.69) is 20.2 Å². The number of hydrogen-bond donors (Lipinski definition) is 2. The Bertz CT molecular complexity index is 1530. The van der Waals surface area contributed by atoms with Gasteiger partial charge >= 0.3 is 18.9 Å². The first-order chi connectivity index (χ1) is 18.3. The molecule has 8 nitrogen and oxygen atoms in total. The molecule has 12 heteroatoms. The third-order valence-electron chi connectivity index (χ3n) is 6.95. The number of aromatic amines is 1. The summed E-state index contributed by atoms with van der Waals surface area (Å²) in [5.41, 5.74) is 1.94. The maximum Gasteiger partial charge on any atom is 1.00 e. The zero-order chi connectivity index (χ0) is 26.6. The number of nitrogens with one attached hydrogen (secondary N) is 2. The number of carbonyl (C=O) groups is 2. The summed E-state index contributed by atoms with van der Waals surface area (Å²) in [5.74, 6) is 0.292. The largest absolute Gasteiger partial charge is 1.00 e. The van der Waals surface area contributed by atoms with E-state index in [9.17, 15) is 14.7 Å². The maximum atomic E-state index is 12.7. The summed E-state index contributed by atoms with van der Waals surface area (Å²) >= 11 is 13.4. The standard InChI is InChI=1S/C27H22Cl2N4O4S.Li/c1-13-19(28)20(29)23(30-13)25(34)31-22-17-11-33(12-18(17)22)27-32-21(24(38-27)26(35)36)14-7-9-16(10-8-14)37-15-5-3-2-4-6-15;/h2-10,17-18,22,30H,11-12H2,1H3,(H,31,34)(H,35,36);/q;+1/p-1/t17-,18+,22?;. The number of hydrogen-bond acceptors (Lipinski definition) is 7. The van der Waals surface area contributed by atoms with Gasteiger partial charge in [-0.15, -0.1) is 0 Å². The number of amides is 1. The van der Waals surface area contributed by atoms with Gasteiger partial charge < -0.3 is 29.8 Å². The van der Waals surface area contributed by atoms with E-state index in [1.807, 2.05) is 30.3 Å². The van der Waals surface area contributed by atoms with Crippen LogP contribution in [0.15, 0.2) is 54.6 Å². The van der Waals surface area contributed by atoms with Gasteiger partial charge in [-0.25, -0.2) is 4.98 Å². The summed E-state index contributed by atoms with van der Waals surface area (Å²) in [6.45, 7) is 3.08. The van der Waals surface area contributed by atoms with E-state index >= 15 is 0 Å². The monoisotopic (exact) mass is 574 g/mol. The molecule has 0 spiro atoms. The van der Waals surface area contributed by atoms with Crippen LogP contribution in [0.25, 0.3) is 11.3 Å². The average molecular weight is 575 g/mol. The van der Waals surface area contributed by atoms with Crippen molar-refractivity contribution in [3.8, 4) is 22.8 Å². The fraction of sp³-hybridized carbons (Fsp3) is 0.222. The number of aromatic nitrogens is 2. The Balaban J connectivity index is 0.00000308. The number of aromatic carboxylic acids is 1. The minimum atomic E-state index is -1.26. The first-order valence-electron chi connectivity index (χ1n) is 11.9. The minimum Gasteiger partial charge on any atom is -0.544 e. The molecule has 3 atom stereocenters. The zero-order valence-electron chi connectivity index (χ0n) is 21.0. The number of carbonyl (C=O) groups excluding carboxylic acids is 2. The van der Waals surface area contributed by atoms with Crippen molar-refractivity contribution in [1.29, 1.82) is 0 Å². The second kappa shape index (κ2) is 10.9. The number of piperidine rings is 1. The summed E-state index contributed by atoms with van der Waals surface area (Å²) in [7, 11) is 0. The van der Waals surface area contributed by atoms with E-state index in [1.54, 1.807) is 31.2 Å². The van der Waals surface area contributed by atoms with Gasteiger partial charge in [0.2, 0.25) is 0 Å². The number of thiazole rings is 1. The Hall–Kier alpha value is -2.93. The van der Waals surface area contributed by atoms with Crippen molar-refractivity contribution in [2.24, 2.45) is 11.8 Å². The Labute approximate surface area is 250 Å². The number of anilines is 1. The fourth-order valence-corrected chi connectivity index (χ4v) is 6.29. The number of benzene rings is 2. The number of fused-ring (bicyclic) bond motifs is 1. The molecule has 1 unspecified atom stereocenters. The molecule has 4 aromatic rings. The maximum absolute atomic E-state index is 12.7. The predicted molar refractivity (Wildman–Crippen MR) is 144 cm³/mol. The minimum absolute atomic E-state index is 0. The van der Waals surface area contributed by atoms with Gasteiger partial charge in [-0.1, -0.05) is 52.7 Å². The van der Waals surface area contributed by atoms with Crippen molar-refractivity contribution in [2.75, 3.05) is 18.0 Å². The predicted octanol–water partition coefficient (Wildman–Crippen LogP) is 1.78. The van der Waals surface area contributed by atoms with E-state index in [-0.39, 0.29) is 58.2 Å². The van der Waals surface area contributed by atoms with Gasteiger partial charge in [-0.05, 0) is 43.3 Å². The number of para-hydroxylation sites is 1. The Kier molecular flexibility index (Phi) is 7.73. The molecule has 2 aromatic carbocycles.